The van der Waals surface area contributed by atoms with Crippen molar-refractivity contribution in [1.82, 2.24) is 5.32 Å². The Labute approximate surface area is 89.5 Å². The Morgan fingerprint density at radius 2 is 1.87 bits per heavy atom. The van der Waals surface area contributed by atoms with E-state index in [9.17, 15) is 8.78 Å². The summed E-state index contributed by atoms with van der Waals surface area (Å²) < 4.78 is 25.8. The second-order valence-corrected chi connectivity index (χ2v) is 4.08. The molecule has 0 radical (unpaired) electrons. The third-order valence-corrected chi connectivity index (χ3v) is 2.60. The van der Waals surface area contributed by atoms with Crippen LogP contribution in [0.25, 0.3) is 0 Å². The van der Waals surface area contributed by atoms with Gasteiger partial charge in [0.15, 0.2) is 11.6 Å². The Balaban J connectivity index is 2.95. The first-order chi connectivity index (χ1) is 7.06. The summed E-state index contributed by atoms with van der Waals surface area (Å²) in [7, 11) is 1.86. The van der Waals surface area contributed by atoms with Gasteiger partial charge in [0.2, 0.25) is 0 Å². The monoisotopic (exact) mass is 213 g/mol. The number of hydrogen-bond donors (Lipinski definition) is 1. The normalized spacial score (nSPS) is 13.2. The van der Waals surface area contributed by atoms with Crippen molar-refractivity contribution in [3.63, 3.8) is 0 Å². The van der Waals surface area contributed by atoms with E-state index in [1.807, 2.05) is 7.05 Å². The summed E-state index contributed by atoms with van der Waals surface area (Å²) in [6, 6.07) is 4.13. The minimum Gasteiger partial charge on any atom is -0.319 e. The number of nitrogens with one attached hydrogen (secondary N) is 1. The Hall–Kier alpha value is -0.960. The quantitative estimate of drug-likeness (QED) is 0.810. The van der Waals surface area contributed by atoms with Crippen molar-refractivity contribution in [2.45, 2.75) is 19.8 Å². The highest BCUT2D eigenvalue weighted by atomic mass is 19.2. The number of benzene rings is 1. The molecule has 0 aliphatic heterocycles. The molecule has 1 unspecified atom stereocenters. The summed E-state index contributed by atoms with van der Waals surface area (Å²) in [6.07, 6.45) is 0. The van der Waals surface area contributed by atoms with Crippen molar-refractivity contribution in [2.75, 3.05) is 13.6 Å². The van der Waals surface area contributed by atoms with E-state index >= 15 is 0 Å². The fourth-order valence-electron chi connectivity index (χ4n) is 1.70. The lowest BCUT2D eigenvalue weighted by Gasteiger charge is -2.21. The standard InChI is InChI=1S/C12H17F2N/c1-8(2)10(7-15-3)9-4-5-11(13)12(14)6-9/h4-6,8,10,15H,7H2,1-3H3. The van der Waals surface area contributed by atoms with Gasteiger partial charge in [-0.15, -0.1) is 0 Å². The molecule has 15 heavy (non-hydrogen) atoms. The van der Waals surface area contributed by atoms with Crippen LogP contribution < -0.4 is 5.32 Å². The molecule has 0 amide bonds. The molecule has 1 rings (SSSR count). The van der Waals surface area contributed by atoms with E-state index in [0.717, 1.165) is 12.1 Å². The minimum absolute atomic E-state index is 0.213. The fraction of sp³-hybridized carbons (Fsp3) is 0.500. The van der Waals surface area contributed by atoms with Crippen LogP contribution in [-0.2, 0) is 0 Å². The van der Waals surface area contributed by atoms with Crippen LogP contribution in [0, 0.1) is 17.6 Å². The molecule has 1 aromatic rings. The van der Waals surface area contributed by atoms with E-state index in [4.69, 9.17) is 0 Å². The molecule has 1 atom stereocenters. The van der Waals surface area contributed by atoms with Crippen LogP contribution in [0.4, 0.5) is 8.78 Å². The fourth-order valence-corrected chi connectivity index (χ4v) is 1.70. The minimum atomic E-state index is -0.786. The summed E-state index contributed by atoms with van der Waals surface area (Å²) in [4.78, 5) is 0. The first-order valence-corrected chi connectivity index (χ1v) is 5.15. The van der Waals surface area contributed by atoms with Crippen molar-refractivity contribution >= 4 is 0 Å². The maximum atomic E-state index is 13.0. The van der Waals surface area contributed by atoms with Crippen molar-refractivity contribution in [3.05, 3.63) is 35.4 Å². The summed E-state index contributed by atoms with van der Waals surface area (Å²) >= 11 is 0. The molecule has 3 heteroatoms. The summed E-state index contributed by atoms with van der Waals surface area (Å²) in [6.45, 7) is 4.91. The van der Waals surface area contributed by atoms with Gasteiger partial charge in [-0.1, -0.05) is 19.9 Å². The number of likely N-dealkylation sites (N-methyl/N-ethyl adjacent to an activating group) is 1. The van der Waals surface area contributed by atoms with Crippen LogP contribution in [0.2, 0.25) is 0 Å². The maximum absolute atomic E-state index is 13.0. The molecule has 0 heterocycles. The smallest absolute Gasteiger partial charge is 0.159 e. The SMILES string of the molecule is CNCC(c1ccc(F)c(F)c1)C(C)C. The lowest BCUT2D eigenvalue weighted by atomic mass is 9.88. The van der Waals surface area contributed by atoms with Crippen LogP contribution in [0.5, 0.6) is 0 Å². The van der Waals surface area contributed by atoms with E-state index in [1.54, 1.807) is 6.07 Å². The van der Waals surface area contributed by atoms with E-state index in [0.29, 0.717) is 5.92 Å². The van der Waals surface area contributed by atoms with Gasteiger partial charge in [0.25, 0.3) is 0 Å². The average Bonchev–Trinajstić information content (AvgIpc) is 2.18. The van der Waals surface area contributed by atoms with Crippen LogP contribution in [0.15, 0.2) is 18.2 Å². The van der Waals surface area contributed by atoms with Gasteiger partial charge in [0.05, 0.1) is 0 Å². The second kappa shape index (κ2) is 5.21. The van der Waals surface area contributed by atoms with Crippen molar-refractivity contribution in [1.29, 1.82) is 0 Å². The molecule has 1 nitrogen and oxygen atoms in total. The predicted octanol–water partition coefficient (Wildman–Crippen LogP) is 2.92. The second-order valence-electron chi connectivity index (χ2n) is 4.08. The summed E-state index contributed by atoms with van der Waals surface area (Å²) in [5.41, 5.74) is 0.846. The maximum Gasteiger partial charge on any atom is 0.159 e. The zero-order chi connectivity index (χ0) is 11.4. The van der Waals surface area contributed by atoms with Crippen molar-refractivity contribution in [3.8, 4) is 0 Å². The summed E-state index contributed by atoms with van der Waals surface area (Å²) in [5, 5.41) is 3.07. The molecule has 0 spiro atoms. The van der Waals surface area contributed by atoms with Crippen LogP contribution in [0.1, 0.15) is 25.3 Å². The molecular formula is C12H17F2N. The predicted molar refractivity (Wildman–Crippen MR) is 57.9 cm³/mol. The lowest BCUT2D eigenvalue weighted by molar-refractivity contribution is 0.467. The van der Waals surface area contributed by atoms with E-state index < -0.39 is 11.6 Å². The third kappa shape index (κ3) is 2.99. The van der Waals surface area contributed by atoms with Crippen molar-refractivity contribution in [2.24, 2.45) is 5.92 Å². The molecule has 1 N–H and O–H groups in total. The molecule has 0 bridgehead atoms. The zero-order valence-corrected chi connectivity index (χ0v) is 9.35. The van der Waals surface area contributed by atoms with Gasteiger partial charge in [-0.2, -0.15) is 0 Å². The van der Waals surface area contributed by atoms with Crippen molar-refractivity contribution < 1.29 is 8.78 Å². The molecule has 0 saturated carbocycles. The molecule has 84 valence electrons. The topological polar surface area (TPSA) is 12.0 Å². The Kier molecular flexibility index (Phi) is 4.21. The van der Waals surface area contributed by atoms with Gasteiger partial charge in [-0.05, 0) is 36.6 Å². The van der Waals surface area contributed by atoms with Crippen LogP contribution in [0.3, 0.4) is 0 Å². The molecule has 0 aromatic heterocycles. The van der Waals surface area contributed by atoms with Gasteiger partial charge in [0.1, 0.15) is 0 Å². The summed E-state index contributed by atoms with van der Waals surface area (Å²) in [5.74, 6) is -0.952. The average molecular weight is 213 g/mol. The highest BCUT2D eigenvalue weighted by Gasteiger charge is 2.16. The third-order valence-electron chi connectivity index (χ3n) is 2.60. The highest BCUT2D eigenvalue weighted by molar-refractivity contribution is 5.22. The van der Waals surface area contributed by atoms with Crippen LogP contribution in [-0.4, -0.2) is 13.6 Å². The van der Waals surface area contributed by atoms with E-state index in [2.05, 4.69) is 19.2 Å². The van der Waals surface area contributed by atoms with Gasteiger partial charge < -0.3 is 5.32 Å². The molecule has 0 aliphatic carbocycles. The molecule has 0 saturated heterocycles. The Morgan fingerprint density at radius 3 is 2.33 bits per heavy atom. The van der Waals surface area contributed by atoms with Gasteiger partial charge in [-0.3, -0.25) is 0 Å². The van der Waals surface area contributed by atoms with Gasteiger partial charge >= 0.3 is 0 Å². The number of hydrogen-bond acceptors (Lipinski definition) is 1. The van der Waals surface area contributed by atoms with E-state index in [1.165, 1.54) is 12.1 Å². The van der Waals surface area contributed by atoms with Crippen LogP contribution >= 0.6 is 0 Å². The number of rotatable bonds is 4. The molecule has 1 aromatic carbocycles. The molecular weight excluding hydrogens is 196 g/mol. The highest BCUT2D eigenvalue weighted by Crippen LogP contribution is 2.24. The Bertz CT molecular complexity index is 323. The molecule has 0 fully saturated rings. The first-order valence-electron chi connectivity index (χ1n) is 5.15. The zero-order valence-electron chi connectivity index (χ0n) is 9.35. The Morgan fingerprint density at radius 1 is 1.20 bits per heavy atom. The molecule has 0 aliphatic rings. The van der Waals surface area contributed by atoms with E-state index in [-0.39, 0.29) is 5.92 Å². The largest absolute Gasteiger partial charge is 0.319 e. The number of halogens is 2. The van der Waals surface area contributed by atoms with Gasteiger partial charge in [-0.25, -0.2) is 8.78 Å². The van der Waals surface area contributed by atoms with Gasteiger partial charge in [0, 0.05) is 6.54 Å². The first kappa shape index (κ1) is 12.1. The lowest BCUT2D eigenvalue weighted by Crippen LogP contribution is -2.21.